The van der Waals surface area contributed by atoms with Crippen molar-refractivity contribution >= 4 is 0 Å². The van der Waals surface area contributed by atoms with E-state index in [1.165, 1.54) is 18.7 Å². The average molecular weight is 333 g/mol. The topological polar surface area (TPSA) is 56.5 Å². The largest absolute Gasteiger partial charge is 0.433 e. The van der Waals surface area contributed by atoms with Gasteiger partial charge in [-0.15, -0.1) is 0 Å². The van der Waals surface area contributed by atoms with Crippen LogP contribution in [-0.2, 0) is 6.18 Å². The zero-order chi connectivity index (χ0) is 17.3. The molecule has 0 bridgehead atoms. The third-order valence-corrected chi connectivity index (χ3v) is 3.65. The Kier molecular flexibility index (Phi) is 4.04. The number of alkyl halides is 3. The number of pyridine rings is 1. The molecule has 0 aliphatic rings. The second kappa shape index (κ2) is 6.03. The Morgan fingerprint density at radius 1 is 1.12 bits per heavy atom. The molecule has 0 aliphatic heterocycles. The number of halogens is 3. The minimum absolute atomic E-state index is 0.181. The van der Waals surface area contributed by atoms with Crippen molar-refractivity contribution in [1.82, 2.24) is 24.7 Å². The Bertz CT molecular complexity index is 842. The predicted octanol–water partition coefficient (Wildman–Crippen LogP) is 3.67. The number of rotatable bonds is 3. The van der Waals surface area contributed by atoms with Crippen LogP contribution >= 0.6 is 0 Å². The molecule has 24 heavy (non-hydrogen) atoms. The monoisotopic (exact) mass is 333 g/mol. The van der Waals surface area contributed by atoms with E-state index in [1.807, 2.05) is 0 Å². The summed E-state index contributed by atoms with van der Waals surface area (Å²) in [4.78, 5) is 11.7. The molecule has 0 saturated carbocycles. The van der Waals surface area contributed by atoms with Crippen LogP contribution < -0.4 is 0 Å². The fourth-order valence-electron chi connectivity index (χ4n) is 2.44. The first kappa shape index (κ1) is 16.1. The van der Waals surface area contributed by atoms with Gasteiger partial charge in [-0.2, -0.15) is 18.3 Å². The minimum Gasteiger partial charge on any atom is -0.262 e. The number of aromatic nitrogens is 5. The second-order valence-electron chi connectivity index (χ2n) is 5.39. The standard InChI is InChI=1S/C16H14F3N5/c1-10-5-12(3-4-22-10)11(2)24-15(16(17,18)19)6-14(23-24)13-7-20-9-21-8-13/h3-9,11H,1-2H3. The molecule has 0 fully saturated rings. The van der Waals surface area contributed by atoms with E-state index in [0.717, 1.165) is 16.4 Å². The molecular weight excluding hydrogens is 319 g/mol. The van der Waals surface area contributed by atoms with Gasteiger partial charge in [-0.3, -0.25) is 9.67 Å². The lowest BCUT2D eigenvalue weighted by Crippen LogP contribution is -2.18. The molecule has 0 amide bonds. The van der Waals surface area contributed by atoms with Gasteiger partial charge in [0.2, 0.25) is 0 Å². The van der Waals surface area contributed by atoms with E-state index in [4.69, 9.17) is 0 Å². The summed E-state index contributed by atoms with van der Waals surface area (Å²) in [5.74, 6) is 0. The van der Waals surface area contributed by atoms with Crippen molar-refractivity contribution in [1.29, 1.82) is 0 Å². The Morgan fingerprint density at radius 2 is 1.83 bits per heavy atom. The predicted molar refractivity (Wildman–Crippen MR) is 81.0 cm³/mol. The molecular formula is C16H14F3N5. The van der Waals surface area contributed by atoms with Crippen LogP contribution in [0.15, 0.2) is 43.1 Å². The highest BCUT2D eigenvalue weighted by atomic mass is 19.4. The van der Waals surface area contributed by atoms with Crippen LogP contribution in [0.5, 0.6) is 0 Å². The van der Waals surface area contributed by atoms with Crippen LogP contribution in [0.2, 0.25) is 0 Å². The van der Waals surface area contributed by atoms with E-state index in [-0.39, 0.29) is 5.69 Å². The van der Waals surface area contributed by atoms with Gasteiger partial charge in [-0.25, -0.2) is 9.97 Å². The summed E-state index contributed by atoms with van der Waals surface area (Å²) in [7, 11) is 0. The van der Waals surface area contributed by atoms with E-state index in [1.54, 1.807) is 32.2 Å². The minimum atomic E-state index is -4.52. The quantitative estimate of drug-likeness (QED) is 0.734. The first-order valence-electron chi connectivity index (χ1n) is 7.21. The van der Waals surface area contributed by atoms with E-state index >= 15 is 0 Å². The summed E-state index contributed by atoms with van der Waals surface area (Å²) in [6.45, 7) is 3.46. The van der Waals surface area contributed by atoms with Crippen molar-refractivity contribution in [3.63, 3.8) is 0 Å². The van der Waals surface area contributed by atoms with Crippen molar-refractivity contribution in [2.75, 3.05) is 0 Å². The van der Waals surface area contributed by atoms with Gasteiger partial charge < -0.3 is 0 Å². The molecule has 8 heteroatoms. The van der Waals surface area contributed by atoms with Crippen molar-refractivity contribution < 1.29 is 13.2 Å². The van der Waals surface area contributed by atoms with Gasteiger partial charge in [0, 0.05) is 29.8 Å². The summed E-state index contributed by atoms with van der Waals surface area (Å²) >= 11 is 0. The van der Waals surface area contributed by atoms with Gasteiger partial charge in [0.1, 0.15) is 12.0 Å². The summed E-state index contributed by atoms with van der Waals surface area (Å²) in [6, 6.07) is 3.85. The molecule has 1 unspecified atom stereocenters. The van der Waals surface area contributed by atoms with Crippen LogP contribution in [0.3, 0.4) is 0 Å². The molecule has 124 valence electrons. The lowest BCUT2D eigenvalue weighted by Gasteiger charge is -2.17. The Balaban J connectivity index is 2.11. The normalized spacial score (nSPS) is 13.0. The van der Waals surface area contributed by atoms with Crippen molar-refractivity contribution in [2.24, 2.45) is 0 Å². The first-order chi connectivity index (χ1) is 11.4. The highest BCUT2D eigenvalue weighted by molar-refractivity contribution is 5.57. The van der Waals surface area contributed by atoms with Crippen LogP contribution in [0.25, 0.3) is 11.3 Å². The van der Waals surface area contributed by atoms with Gasteiger partial charge in [0.25, 0.3) is 0 Å². The molecule has 3 aromatic heterocycles. The fraction of sp³-hybridized carbons (Fsp3) is 0.250. The van der Waals surface area contributed by atoms with Crippen LogP contribution in [-0.4, -0.2) is 24.7 Å². The van der Waals surface area contributed by atoms with Gasteiger partial charge >= 0.3 is 6.18 Å². The first-order valence-corrected chi connectivity index (χ1v) is 7.21. The fourth-order valence-corrected chi connectivity index (χ4v) is 2.44. The zero-order valence-electron chi connectivity index (χ0n) is 13.0. The molecule has 0 aromatic carbocycles. The molecule has 0 N–H and O–H groups in total. The third-order valence-electron chi connectivity index (χ3n) is 3.65. The Hall–Kier alpha value is -2.77. The van der Waals surface area contributed by atoms with Crippen LogP contribution in [0.4, 0.5) is 13.2 Å². The average Bonchev–Trinajstić information content (AvgIpc) is 3.00. The van der Waals surface area contributed by atoms with E-state index in [0.29, 0.717) is 11.1 Å². The van der Waals surface area contributed by atoms with Crippen LogP contribution in [0, 0.1) is 6.92 Å². The maximum atomic E-state index is 13.4. The molecule has 1 atom stereocenters. The molecule has 3 aromatic rings. The van der Waals surface area contributed by atoms with Crippen molar-refractivity contribution in [2.45, 2.75) is 26.1 Å². The molecule has 0 spiro atoms. The number of hydrogen-bond acceptors (Lipinski definition) is 4. The van der Waals surface area contributed by atoms with E-state index < -0.39 is 17.9 Å². The van der Waals surface area contributed by atoms with Crippen molar-refractivity contribution in [3.05, 3.63) is 60.1 Å². The molecule has 3 rings (SSSR count). The molecule has 3 heterocycles. The molecule has 0 saturated heterocycles. The Labute approximate surface area is 136 Å². The summed E-state index contributed by atoms with van der Waals surface area (Å²) in [6.07, 6.45) is 1.23. The van der Waals surface area contributed by atoms with E-state index in [2.05, 4.69) is 20.1 Å². The molecule has 0 aliphatic carbocycles. The number of nitrogens with zero attached hydrogens (tertiary/aromatic N) is 5. The number of aryl methyl sites for hydroxylation is 1. The molecule has 5 nitrogen and oxygen atoms in total. The maximum Gasteiger partial charge on any atom is 0.433 e. The number of hydrogen-bond donors (Lipinski definition) is 0. The van der Waals surface area contributed by atoms with Gasteiger partial charge in [0.05, 0.1) is 11.7 Å². The highest BCUT2D eigenvalue weighted by Gasteiger charge is 2.37. The maximum absolute atomic E-state index is 13.4. The summed E-state index contributed by atoms with van der Waals surface area (Å²) in [5, 5.41) is 4.15. The second-order valence-corrected chi connectivity index (χ2v) is 5.39. The SMILES string of the molecule is Cc1cc(C(C)n2nc(-c3cncnc3)cc2C(F)(F)F)ccn1. The highest BCUT2D eigenvalue weighted by Crippen LogP contribution is 2.35. The third kappa shape index (κ3) is 3.12. The lowest BCUT2D eigenvalue weighted by atomic mass is 10.1. The van der Waals surface area contributed by atoms with Crippen molar-refractivity contribution in [3.8, 4) is 11.3 Å². The molecule has 0 radical (unpaired) electrons. The van der Waals surface area contributed by atoms with E-state index in [9.17, 15) is 13.2 Å². The Morgan fingerprint density at radius 3 is 2.46 bits per heavy atom. The smallest absolute Gasteiger partial charge is 0.262 e. The van der Waals surface area contributed by atoms with Gasteiger partial charge in [0.15, 0.2) is 0 Å². The van der Waals surface area contributed by atoms with Crippen LogP contribution in [0.1, 0.15) is 29.9 Å². The van der Waals surface area contributed by atoms with Gasteiger partial charge in [-0.05, 0) is 37.6 Å². The van der Waals surface area contributed by atoms with Gasteiger partial charge in [-0.1, -0.05) is 0 Å². The lowest BCUT2D eigenvalue weighted by molar-refractivity contribution is -0.144. The zero-order valence-corrected chi connectivity index (χ0v) is 13.0. The summed E-state index contributed by atoms with van der Waals surface area (Å²) in [5.41, 5.74) is 1.23. The summed E-state index contributed by atoms with van der Waals surface area (Å²) < 4.78 is 41.3.